The summed E-state index contributed by atoms with van der Waals surface area (Å²) >= 11 is 0. The van der Waals surface area contributed by atoms with Gasteiger partial charge in [0, 0.05) is 37.8 Å². The molecule has 2 fully saturated rings. The summed E-state index contributed by atoms with van der Waals surface area (Å²) in [7, 11) is -1.11. The van der Waals surface area contributed by atoms with Gasteiger partial charge in [0.15, 0.2) is 0 Å². The summed E-state index contributed by atoms with van der Waals surface area (Å²) in [6, 6.07) is 18.2. The Morgan fingerprint density at radius 3 is 2.14 bits per heavy atom. The number of para-hydroxylation sites is 1. The van der Waals surface area contributed by atoms with Crippen LogP contribution in [0.3, 0.4) is 0 Å². The lowest BCUT2D eigenvalue weighted by atomic mass is 9.85. The molecule has 35 heavy (non-hydrogen) atoms. The molecule has 1 aliphatic carbocycles. The number of nitrogens with one attached hydrogen (secondary N) is 1. The van der Waals surface area contributed by atoms with Crippen LogP contribution in [-0.4, -0.2) is 51.0 Å². The Kier molecular flexibility index (Phi) is 7.99. The van der Waals surface area contributed by atoms with Crippen LogP contribution in [0.25, 0.3) is 0 Å². The second-order valence-corrected chi connectivity index (χ2v) is 12.7. The molecule has 0 radical (unpaired) electrons. The minimum absolute atomic E-state index is 0.0165. The molecular weight excluding hydrogens is 458 g/mol. The minimum Gasteiger partial charge on any atom is -0.410 e. The van der Waals surface area contributed by atoms with Crippen molar-refractivity contribution in [2.24, 2.45) is 0 Å². The van der Waals surface area contributed by atoms with Gasteiger partial charge >= 0.3 is 6.09 Å². The predicted molar refractivity (Wildman–Crippen MR) is 142 cm³/mol. The predicted octanol–water partition coefficient (Wildman–Crippen LogP) is 5.39. The number of hydrogen-bond donors (Lipinski definition) is 1. The highest BCUT2D eigenvalue weighted by atomic mass is 32.2. The summed E-state index contributed by atoms with van der Waals surface area (Å²) in [6.07, 6.45) is 4.46. The average Bonchev–Trinajstić information content (AvgIpc) is 3.35. The topological polar surface area (TPSA) is 61.9 Å². The maximum absolute atomic E-state index is 12.6. The maximum atomic E-state index is 12.6. The van der Waals surface area contributed by atoms with Gasteiger partial charge in [-0.15, -0.1) is 0 Å². The summed E-state index contributed by atoms with van der Waals surface area (Å²) in [5, 5.41) is 0. The van der Waals surface area contributed by atoms with Crippen molar-refractivity contribution < 1.29 is 13.7 Å². The monoisotopic (exact) mass is 497 g/mol. The molecule has 1 amide bonds. The van der Waals surface area contributed by atoms with Crippen LogP contribution in [0, 0.1) is 0 Å². The largest absolute Gasteiger partial charge is 0.415 e. The highest BCUT2D eigenvalue weighted by molar-refractivity contribution is 7.84. The maximum Gasteiger partial charge on any atom is 0.415 e. The van der Waals surface area contributed by atoms with Crippen LogP contribution >= 0.6 is 0 Å². The van der Waals surface area contributed by atoms with Gasteiger partial charge in [-0.2, -0.15) is 0 Å². The minimum atomic E-state index is -1.11. The van der Waals surface area contributed by atoms with Crippen LogP contribution in [-0.2, 0) is 16.5 Å². The molecule has 0 aromatic heterocycles. The van der Waals surface area contributed by atoms with Gasteiger partial charge in [-0.1, -0.05) is 55.3 Å². The number of carbonyl (C=O) groups excluding carboxylic acids is 1. The van der Waals surface area contributed by atoms with Crippen LogP contribution in [0.5, 0.6) is 5.75 Å². The molecule has 0 spiro atoms. The van der Waals surface area contributed by atoms with Crippen molar-refractivity contribution in [2.75, 3.05) is 26.2 Å². The first-order valence-electron chi connectivity index (χ1n) is 12.7. The molecule has 1 aliphatic heterocycles. The van der Waals surface area contributed by atoms with Gasteiger partial charge in [-0.05, 0) is 63.8 Å². The van der Waals surface area contributed by atoms with E-state index in [2.05, 4.69) is 40.8 Å². The molecule has 7 heteroatoms. The van der Waals surface area contributed by atoms with Crippen LogP contribution in [0.1, 0.15) is 70.5 Å². The molecule has 190 valence electrons. The molecule has 2 atom stereocenters. The van der Waals surface area contributed by atoms with Crippen molar-refractivity contribution in [3.8, 4) is 5.75 Å². The zero-order chi connectivity index (χ0) is 25.1. The van der Waals surface area contributed by atoms with Gasteiger partial charge in [-0.25, -0.2) is 13.7 Å². The summed E-state index contributed by atoms with van der Waals surface area (Å²) in [6.45, 7) is 11.0. The zero-order valence-corrected chi connectivity index (χ0v) is 22.3. The van der Waals surface area contributed by atoms with E-state index in [0.717, 1.165) is 31.5 Å². The fraction of sp³-hybridized carbons (Fsp3) is 0.536. The van der Waals surface area contributed by atoms with Crippen molar-refractivity contribution in [3.05, 3.63) is 65.7 Å². The molecule has 1 unspecified atom stereocenters. The zero-order valence-electron chi connectivity index (χ0n) is 21.5. The first kappa shape index (κ1) is 25.9. The molecular formula is C28H39N3O3S. The highest BCUT2D eigenvalue weighted by Gasteiger charge is 2.42. The van der Waals surface area contributed by atoms with Crippen molar-refractivity contribution in [3.63, 3.8) is 0 Å². The number of ether oxygens (including phenoxy) is 1. The Morgan fingerprint density at radius 1 is 0.971 bits per heavy atom. The third-order valence-electron chi connectivity index (χ3n) is 7.31. The van der Waals surface area contributed by atoms with E-state index in [9.17, 15) is 9.00 Å². The first-order chi connectivity index (χ1) is 16.7. The summed E-state index contributed by atoms with van der Waals surface area (Å²) in [4.78, 5) is 17.0. The van der Waals surface area contributed by atoms with E-state index in [4.69, 9.17) is 4.74 Å². The highest BCUT2D eigenvalue weighted by Crippen LogP contribution is 2.44. The molecule has 2 aromatic carbocycles. The lowest BCUT2D eigenvalue weighted by molar-refractivity contribution is 0.0354. The van der Waals surface area contributed by atoms with E-state index >= 15 is 0 Å². The fourth-order valence-corrected chi connectivity index (χ4v) is 6.02. The molecule has 4 rings (SSSR count). The normalized spacial score (nSPS) is 20.4. The van der Waals surface area contributed by atoms with Crippen molar-refractivity contribution in [2.45, 2.75) is 69.7 Å². The number of nitrogens with zero attached hydrogens (tertiary/aromatic N) is 2. The van der Waals surface area contributed by atoms with Gasteiger partial charge in [0.05, 0.1) is 15.7 Å². The standard InChI is InChI=1S/C28H39N3O3S/c1-22(29-35(33)27(2,3)4)23-12-14-24(15-13-23)28(16-8-9-17-28)31-20-18-30(19-21-31)26(32)34-25-10-6-5-7-11-25/h5-7,10-15,22,29H,8-9,16-21H2,1-4H3/t22-,35?/m0/s1. The van der Waals surface area contributed by atoms with Crippen LogP contribution in [0.2, 0.25) is 0 Å². The number of benzene rings is 2. The number of hydrogen-bond acceptors (Lipinski definition) is 4. The van der Waals surface area contributed by atoms with E-state index in [0.29, 0.717) is 18.8 Å². The Bertz CT molecular complexity index is 1010. The van der Waals surface area contributed by atoms with Gasteiger partial charge in [-0.3, -0.25) is 4.90 Å². The molecule has 2 aromatic rings. The van der Waals surface area contributed by atoms with Crippen LogP contribution in [0.4, 0.5) is 4.79 Å². The van der Waals surface area contributed by atoms with Crippen LogP contribution < -0.4 is 9.46 Å². The third kappa shape index (κ3) is 5.96. The first-order valence-corrected chi connectivity index (χ1v) is 13.9. The van der Waals surface area contributed by atoms with Gasteiger partial charge in [0.2, 0.25) is 0 Å². The summed E-state index contributed by atoms with van der Waals surface area (Å²) in [5.41, 5.74) is 2.52. The molecule has 6 nitrogen and oxygen atoms in total. The molecule has 1 N–H and O–H groups in total. The lowest BCUT2D eigenvalue weighted by Gasteiger charge is -2.46. The van der Waals surface area contributed by atoms with E-state index in [-0.39, 0.29) is 22.4 Å². The van der Waals surface area contributed by atoms with Gasteiger partial charge in [0.25, 0.3) is 0 Å². The Labute approximate surface area is 212 Å². The molecule has 1 heterocycles. The van der Waals surface area contributed by atoms with E-state index in [1.165, 1.54) is 18.4 Å². The Hall–Kier alpha value is -2.22. The SMILES string of the molecule is C[C@H](NS(=O)C(C)(C)C)c1ccc(C2(N3CCN(C(=O)Oc4ccccc4)CC3)CCCC2)cc1. The number of rotatable bonds is 6. The van der Waals surface area contributed by atoms with Crippen LogP contribution in [0.15, 0.2) is 54.6 Å². The number of amides is 1. The fourth-order valence-electron chi connectivity index (χ4n) is 5.21. The second-order valence-electron chi connectivity index (χ2n) is 10.7. The quantitative estimate of drug-likeness (QED) is 0.582. The van der Waals surface area contributed by atoms with Gasteiger partial charge < -0.3 is 9.64 Å². The average molecular weight is 498 g/mol. The smallest absolute Gasteiger partial charge is 0.410 e. The second kappa shape index (κ2) is 10.8. The van der Waals surface area contributed by atoms with Gasteiger partial charge in [0.1, 0.15) is 5.75 Å². The van der Waals surface area contributed by atoms with E-state index in [1.807, 2.05) is 56.0 Å². The summed E-state index contributed by atoms with van der Waals surface area (Å²) < 4.78 is 21.0. The molecule has 0 bridgehead atoms. The molecule has 1 saturated heterocycles. The Balaban J connectivity index is 1.41. The lowest BCUT2D eigenvalue weighted by Crippen LogP contribution is -2.56. The van der Waals surface area contributed by atoms with Crippen molar-refractivity contribution in [1.82, 2.24) is 14.5 Å². The number of carbonyl (C=O) groups is 1. The summed E-state index contributed by atoms with van der Waals surface area (Å²) in [5.74, 6) is 0.585. The van der Waals surface area contributed by atoms with E-state index < -0.39 is 11.0 Å². The molecule has 2 aliphatic rings. The van der Waals surface area contributed by atoms with Crippen molar-refractivity contribution in [1.29, 1.82) is 0 Å². The number of piperazine rings is 1. The Morgan fingerprint density at radius 2 is 1.57 bits per heavy atom. The van der Waals surface area contributed by atoms with Crippen molar-refractivity contribution >= 4 is 17.1 Å². The van der Waals surface area contributed by atoms with E-state index in [1.54, 1.807) is 0 Å². The third-order valence-corrected chi connectivity index (χ3v) is 8.99. The molecule has 1 saturated carbocycles.